The monoisotopic (exact) mass is 439 g/mol. The van der Waals surface area contributed by atoms with E-state index < -0.39 is 0 Å². The molecule has 0 bridgehead atoms. The fraction of sp³-hybridized carbons (Fsp3) is 0.240. The van der Waals surface area contributed by atoms with Crippen LogP contribution in [-0.4, -0.2) is 34.6 Å². The standard InChI is InChI=1S/C25H25N7O/c1-14-19(12-29-24-23(14)28-6-7-33-24)17-9-21(26)20-13-30-25(32-22(20)10-17)31-18-3-2-16-11-27-5-4-15(16)8-18/h2-3,8-10,12-13,27-28H,4-7,11,26H2,1H3,(H,30,31,32). The molecule has 2 aromatic heterocycles. The van der Waals surface area contributed by atoms with E-state index in [9.17, 15) is 0 Å². The summed E-state index contributed by atoms with van der Waals surface area (Å²) in [7, 11) is 0. The second-order valence-electron chi connectivity index (χ2n) is 8.48. The van der Waals surface area contributed by atoms with E-state index in [0.717, 1.165) is 65.0 Å². The van der Waals surface area contributed by atoms with E-state index in [2.05, 4.69) is 51.0 Å². The van der Waals surface area contributed by atoms with Gasteiger partial charge in [0.15, 0.2) is 0 Å². The van der Waals surface area contributed by atoms with Crippen LogP contribution < -0.4 is 26.4 Å². The molecule has 2 aromatic carbocycles. The maximum Gasteiger partial charge on any atom is 0.237 e. The largest absolute Gasteiger partial charge is 0.474 e. The van der Waals surface area contributed by atoms with Crippen molar-refractivity contribution >= 4 is 33.9 Å². The maximum atomic E-state index is 6.39. The van der Waals surface area contributed by atoms with Gasteiger partial charge in [0.2, 0.25) is 11.8 Å². The van der Waals surface area contributed by atoms with Crippen molar-refractivity contribution in [3.05, 3.63) is 59.4 Å². The minimum atomic E-state index is 0.545. The summed E-state index contributed by atoms with van der Waals surface area (Å²) in [4.78, 5) is 13.8. The van der Waals surface area contributed by atoms with Gasteiger partial charge in [0.05, 0.1) is 5.52 Å². The average Bonchev–Trinajstić information content (AvgIpc) is 2.84. The van der Waals surface area contributed by atoms with Gasteiger partial charge in [-0.25, -0.2) is 15.0 Å². The first-order valence-electron chi connectivity index (χ1n) is 11.2. The lowest BCUT2D eigenvalue weighted by Crippen LogP contribution is -2.23. The molecule has 0 amide bonds. The third-order valence-electron chi connectivity index (χ3n) is 6.34. The van der Waals surface area contributed by atoms with Crippen molar-refractivity contribution in [3.63, 3.8) is 0 Å². The third kappa shape index (κ3) is 3.58. The first-order valence-corrected chi connectivity index (χ1v) is 11.2. The molecular formula is C25H25N7O. The fourth-order valence-corrected chi connectivity index (χ4v) is 4.57. The van der Waals surface area contributed by atoms with Crippen LogP contribution in [0.3, 0.4) is 0 Å². The molecule has 0 spiro atoms. The Morgan fingerprint density at radius 1 is 1.06 bits per heavy atom. The van der Waals surface area contributed by atoms with Crippen LogP contribution in [0, 0.1) is 6.92 Å². The number of anilines is 4. The summed E-state index contributed by atoms with van der Waals surface area (Å²) >= 11 is 0. The van der Waals surface area contributed by atoms with Crippen LogP contribution >= 0.6 is 0 Å². The molecule has 0 unspecified atom stereocenters. The van der Waals surface area contributed by atoms with E-state index in [-0.39, 0.29) is 0 Å². The molecule has 0 saturated heterocycles. The van der Waals surface area contributed by atoms with E-state index in [1.54, 1.807) is 6.20 Å². The Morgan fingerprint density at radius 3 is 2.94 bits per heavy atom. The number of hydrogen-bond donors (Lipinski definition) is 4. The van der Waals surface area contributed by atoms with E-state index in [1.807, 2.05) is 18.3 Å². The lowest BCUT2D eigenvalue weighted by Gasteiger charge is -2.21. The highest BCUT2D eigenvalue weighted by molar-refractivity contribution is 5.95. The van der Waals surface area contributed by atoms with Crippen LogP contribution in [0.15, 0.2) is 42.7 Å². The molecule has 0 aliphatic carbocycles. The summed E-state index contributed by atoms with van der Waals surface area (Å²) in [6.07, 6.45) is 4.64. The van der Waals surface area contributed by atoms with Crippen molar-refractivity contribution in [2.24, 2.45) is 0 Å². The summed E-state index contributed by atoms with van der Waals surface area (Å²) < 4.78 is 5.67. The van der Waals surface area contributed by atoms with Crippen molar-refractivity contribution in [1.82, 2.24) is 20.3 Å². The van der Waals surface area contributed by atoms with Crippen molar-refractivity contribution in [2.45, 2.75) is 19.9 Å². The first-order chi connectivity index (χ1) is 16.2. The van der Waals surface area contributed by atoms with Gasteiger partial charge in [-0.15, -0.1) is 0 Å². The smallest absolute Gasteiger partial charge is 0.237 e. The average molecular weight is 440 g/mol. The predicted octanol–water partition coefficient (Wildman–Crippen LogP) is 3.78. The van der Waals surface area contributed by atoms with Gasteiger partial charge in [-0.3, -0.25) is 0 Å². The molecule has 2 aliphatic rings. The Bertz CT molecular complexity index is 1390. The van der Waals surface area contributed by atoms with Crippen LogP contribution in [0.5, 0.6) is 5.88 Å². The normalized spacial score (nSPS) is 14.7. The number of hydrogen-bond acceptors (Lipinski definition) is 8. The Morgan fingerprint density at radius 2 is 2.00 bits per heavy atom. The second kappa shape index (κ2) is 7.90. The highest BCUT2D eigenvalue weighted by Crippen LogP contribution is 2.37. The van der Waals surface area contributed by atoms with E-state index in [4.69, 9.17) is 15.5 Å². The SMILES string of the molecule is Cc1c(-c2cc(N)c3cnc(Nc4ccc5c(c4)CCNC5)nc3c2)cnc2c1NCCO2. The zero-order valence-corrected chi connectivity index (χ0v) is 18.4. The highest BCUT2D eigenvalue weighted by atomic mass is 16.5. The number of nitrogens with one attached hydrogen (secondary N) is 3. The molecule has 5 N–H and O–H groups in total. The van der Waals surface area contributed by atoms with E-state index >= 15 is 0 Å². The van der Waals surface area contributed by atoms with Crippen LogP contribution in [0.2, 0.25) is 0 Å². The van der Waals surface area contributed by atoms with Gasteiger partial charge in [-0.2, -0.15) is 0 Å². The molecule has 0 saturated carbocycles. The molecule has 33 heavy (non-hydrogen) atoms. The van der Waals surface area contributed by atoms with Crippen LogP contribution in [0.4, 0.5) is 23.0 Å². The lowest BCUT2D eigenvalue weighted by atomic mass is 9.99. The number of nitrogen functional groups attached to an aromatic ring is 1. The molecule has 4 aromatic rings. The minimum Gasteiger partial charge on any atom is -0.474 e. The summed E-state index contributed by atoms with van der Waals surface area (Å²) in [6.45, 7) is 5.37. The molecule has 0 radical (unpaired) electrons. The van der Waals surface area contributed by atoms with Gasteiger partial charge in [0.1, 0.15) is 12.3 Å². The number of rotatable bonds is 3. The predicted molar refractivity (Wildman–Crippen MR) is 131 cm³/mol. The van der Waals surface area contributed by atoms with Crippen molar-refractivity contribution in [3.8, 4) is 17.0 Å². The molecular weight excluding hydrogens is 414 g/mol. The van der Waals surface area contributed by atoms with Gasteiger partial charge in [0, 0.05) is 47.8 Å². The quantitative estimate of drug-likeness (QED) is 0.357. The zero-order valence-electron chi connectivity index (χ0n) is 18.4. The molecule has 166 valence electrons. The van der Waals surface area contributed by atoms with Gasteiger partial charge in [-0.1, -0.05) is 6.07 Å². The number of ether oxygens (including phenoxy) is 1. The van der Waals surface area contributed by atoms with Crippen molar-refractivity contribution < 1.29 is 4.74 Å². The van der Waals surface area contributed by atoms with Crippen molar-refractivity contribution in [1.29, 1.82) is 0 Å². The van der Waals surface area contributed by atoms with Gasteiger partial charge < -0.3 is 26.4 Å². The zero-order chi connectivity index (χ0) is 22.4. The number of nitrogens with two attached hydrogens (primary N) is 1. The van der Waals surface area contributed by atoms with Crippen molar-refractivity contribution in [2.75, 3.05) is 36.1 Å². The summed E-state index contributed by atoms with van der Waals surface area (Å²) in [6, 6.07) is 10.4. The Labute approximate surface area is 191 Å². The molecule has 6 rings (SSSR count). The first kappa shape index (κ1) is 19.8. The Hall–Kier alpha value is -3.91. The molecule has 2 aliphatic heterocycles. The van der Waals surface area contributed by atoms with E-state index in [0.29, 0.717) is 24.1 Å². The molecule has 8 heteroatoms. The van der Waals surface area contributed by atoms with Crippen LogP contribution in [0.1, 0.15) is 16.7 Å². The topological polar surface area (TPSA) is 110 Å². The fourth-order valence-electron chi connectivity index (χ4n) is 4.57. The summed E-state index contributed by atoms with van der Waals surface area (Å²) in [5.74, 6) is 1.19. The third-order valence-corrected chi connectivity index (χ3v) is 6.34. The van der Waals surface area contributed by atoms with Gasteiger partial charge in [-0.05, 0) is 66.4 Å². The Kier molecular flexibility index (Phi) is 4.73. The van der Waals surface area contributed by atoms with Crippen LogP contribution in [-0.2, 0) is 13.0 Å². The summed E-state index contributed by atoms with van der Waals surface area (Å²) in [5, 5.41) is 11.0. The number of benzene rings is 2. The van der Waals surface area contributed by atoms with E-state index in [1.165, 1.54) is 11.1 Å². The molecule has 0 atom stereocenters. The van der Waals surface area contributed by atoms with Gasteiger partial charge >= 0.3 is 0 Å². The number of fused-ring (bicyclic) bond motifs is 3. The number of pyridine rings is 1. The lowest BCUT2D eigenvalue weighted by molar-refractivity contribution is 0.310. The Balaban J connectivity index is 1.37. The summed E-state index contributed by atoms with van der Waals surface area (Å²) in [5.41, 5.74) is 15.5. The van der Waals surface area contributed by atoms with Crippen LogP contribution in [0.25, 0.3) is 22.0 Å². The maximum absolute atomic E-state index is 6.39. The van der Waals surface area contributed by atoms with Gasteiger partial charge in [0.25, 0.3) is 0 Å². The molecule has 4 heterocycles. The highest BCUT2D eigenvalue weighted by Gasteiger charge is 2.18. The second-order valence-corrected chi connectivity index (χ2v) is 8.48. The molecule has 8 nitrogen and oxygen atoms in total. The number of aromatic nitrogens is 3. The molecule has 0 fully saturated rings. The minimum absolute atomic E-state index is 0.545. The number of nitrogens with zero attached hydrogens (tertiary/aromatic N) is 3.